The molecular formula is C21H23NO4. The normalized spacial score (nSPS) is 11.4. The summed E-state index contributed by atoms with van der Waals surface area (Å²) in [6.07, 6.45) is 3.36. The Morgan fingerprint density at radius 2 is 1.85 bits per heavy atom. The maximum absolute atomic E-state index is 12.0. The summed E-state index contributed by atoms with van der Waals surface area (Å²) in [5.74, 6) is 0.315. The van der Waals surface area contributed by atoms with Gasteiger partial charge in [0.25, 0.3) is 0 Å². The van der Waals surface area contributed by atoms with E-state index in [-0.39, 0.29) is 5.97 Å². The third kappa shape index (κ3) is 4.96. The van der Waals surface area contributed by atoms with Crippen molar-refractivity contribution in [2.45, 2.75) is 20.5 Å². The fraction of sp³-hybridized carbons (Fsp3) is 0.238. The highest BCUT2D eigenvalue weighted by molar-refractivity contribution is 6.16. The van der Waals surface area contributed by atoms with Crippen LogP contribution in [0.4, 0.5) is 0 Å². The minimum atomic E-state index is -0.371. The number of nitrogens with zero attached hydrogens (tertiary/aromatic N) is 1. The number of para-hydroxylation sites is 1. The van der Waals surface area contributed by atoms with Crippen LogP contribution in [-0.2, 0) is 21.0 Å². The molecule has 0 spiro atoms. The van der Waals surface area contributed by atoms with Gasteiger partial charge in [-0.15, -0.1) is 0 Å². The fourth-order valence-corrected chi connectivity index (χ4v) is 2.44. The molecule has 136 valence electrons. The first-order valence-corrected chi connectivity index (χ1v) is 8.41. The largest absolute Gasteiger partial charge is 0.488 e. The van der Waals surface area contributed by atoms with Crippen LogP contribution >= 0.6 is 0 Å². The van der Waals surface area contributed by atoms with Gasteiger partial charge in [0.05, 0.1) is 18.9 Å². The number of benzene rings is 2. The summed E-state index contributed by atoms with van der Waals surface area (Å²) in [6.45, 7) is 4.50. The van der Waals surface area contributed by atoms with E-state index < -0.39 is 0 Å². The molecule has 0 heterocycles. The summed E-state index contributed by atoms with van der Waals surface area (Å²) in [6, 6.07) is 15.2. The van der Waals surface area contributed by atoms with Crippen molar-refractivity contribution in [3.8, 4) is 5.75 Å². The Labute approximate surface area is 153 Å². The Morgan fingerprint density at radius 3 is 2.58 bits per heavy atom. The van der Waals surface area contributed by atoms with Crippen molar-refractivity contribution < 1.29 is 19.1 Å². The molecule has 0 radical (unpaired) electrons. The predicted molar refractivity (Wildman–Crippen MR) is 102 cm³/mol. The average molecular weight is 353 g/mol. The lowest BCUT2D eigenvalue weighted by molar-refractivity contribution is -0.133. The van der Waals surface area contributed by atoms with Crippen molar-refractivity contribution in [1.82, 2.24) is 0 Å². The van der Waals surface area contributed by atoms with Gasteiger partial charge < -0.3 is 14.3 Å². The highest BCUT2D eigenvalue weighted by atomic mass is 16.6. The molecule has 0 saturated carbocycles. The summed E-state index contributed by atoms with van der Waals surface area (Å²) in [5, 5.41) is 3.89. The van der Waals surface area contributed by atoms with Crippen LogP contribution in [0, 0.1) is 0 Å². The zero-order valence-electron chi connectivity index (χ0n) is 15.3. The number of rotatable bonds is 8. The van der Waals surface area contributed by atoms with Crippen LogP contribution in [-0.4, -0.2) is 25.9 Å². The van der Waals surface area contributed by atoms with Crippen LogP contribution in [0.25, 0.3) is 5.57 Å². The number of ether oxygens (including phenoxy) is 2. The molecule has 5 nitrogen and oxygen atoms in total. The Morgan fingerprint density at radius 1 is 1.12 bits per heavy atom. The Balaban J connectivity index is 2.23. The summed E-state index contributed by atoms with van der Waals surface area (Å²) >= 11 is 0. The topological polar surface area (TPSA) is 57.1 Å². The second-order valence-corrected chi connectivity index (χ2v) is 5.33. The summed E-state index contributed by atoms with van der Waals surface area (Å²) in [7, 11) is 1.37. The van der Waals surface area contributed by atoms with E-state index in [0.29, 0.717) is 24.5 Å². The van der Waals surface area contributed by atoms with Gasteiger partial charge in [-0.25, -0.2) is 4.79 Å². The van der Waals surface area contributed by atoms with Crippen molar-refractivity contribution in [2.75, 3.05) is 13.7 Å². The van der Waals surface area contributed by atoms with Gasteiger partial charge in [-0.05, 0) is 37.1 Å². The van der Waals surface area contributed by atoms with Crippen LogP contribution in [0.5, 0.6) is 5.75 Å². The molecule has 26 heavy (non-hydrogen) atoms. The van der Waals surface area contributed by atoms with Crippen LogP contribution < -0.4 is 4.74 Å². The fourth-order valence-electron chi connectivity index (χ4n) is 2.44. The number of hydrogen-bond acceptors (Lipinski definition) is 5. The van der Waals surface area contributed by atoms with E-state index in [1.807, 2.05) is 62.4 Å². The van der Waals surface area contributed by atoms with Gasteiger partial charge >= 0.3 is 5.97 Å². The molecule has 0 N–H and O–H groups in total. The molecule has 0 aliphatic carbocycles. The minimum Gasteiger partial charge on any atom is -0.488 e. The molecule has 0 unspecified atom stereocenters. The Hall–Kier alpha value is -3.08. The molecule has 2 rings (SSSR count). The standard InChI is InChI=1S/C21H23NO4/c1-4-18(21(23)24-3)19-12-8-6-11-17(19)15-25-20-13-9-7-10-16(20)14-22-26-5-2/h4,6-14H,5,15H2,1-3H3. The molecule has 0 amide bonds. The predicted octanol–water partition coefficient (Wildman–Crippen LogP) is 4.21. The number of allylic oxidation sites excluding steroid dienone is 1. The van der Waals surface area contributed by atoms with E-state index in [1.165, 1.54) is 7.11 Å². The third-order valence-electron chi connectivity index (χ3n) is 3.70. The number of carbonyl (C=O) groups is 1. The molecule has 0 saturated heterocycles. The SMILES string of the molecule is CC=C(C(=O)OC)c1ccccc1COc1ccccc1C=NOCC. The van der Waals surface area contributed by atoms with Gasteiger partial charge in [-0.1, -0.05) is 47.6 Å². The summed E-state index contributed by atoms with van der Waals surface area (Å²) < 4.78 is 10.8. The van der Waals surface area contributed by atoms with Crippen LogP contribution in [0.1, 0.15) is 30.5 Å². The average Bonchev–Trinajstić information content (AvgIpc) is 2.68. The van der Waals surface area contributed by atoms with Crippen molar-refractivity contribution in [3.05, 3.63) is 71.3 Å². The van der Waals surface area contributed by atoms with E-state index in [0.717, 1.165) is 16.7 Å². The van der Waals surface area contributed by atoms with Crippen molar-refractivity contribution in [2.24, 2.45) is 5.16 Å². The highest BCUT2D eigenvalue weighted by Crippen LogP contribution is 2.23. The Bertz CT molecular complexity index is 796. The molecule has 5 heteroatoms. The highest BCUT2D eigenvalue weighted by Gasteiger charge is 2.15. The molecular weight excluding hydrogens is 330 g/mol. The number of hydrogen-bond donors (Lipinski definition) is 0. The molecule has 0 aromatic heterocycles. The molecule has 0 bridgehead atoms. The van der Waals surface area contributed by atoms with E-state index in [4.69, 9.17) is 14.3 Å². The number of methoxy groups -OCH3 is 1. The van der Waals surface area contributed by atoms with E-state index in [2.05, 4.69) is 5.16 Å². The zero-order chi connectivity index (χ0) is 18.8. The van der Waals surface area contributed by atoms with Gasteiger partial charge in [-0.2, -0.15) is 0 Å². The van der Waals surface area contributed by atoms with Gasteiger partial charge in [0.2, 0.25) is 0 Å². The number of esters is 1. The zero-order valence-corrected chi connectivity index (χ0v) is 15.3. The summed E-state index contributed by atoms with van der Waals surface area (Å²) in [4.78, 5) is 17.0. The van der Waals surface area contributed by atoms with E-state index >= 15 is 0 Å². The number of carbonyl (C=O) groups excluding carboxylic acids is 1. The van der Waals surface area contributed by atoms with Gasteiger partial charge in [-0.3, -0.25) is 0 Å². The lowest BCUT2D eigenvalue weighted by Crippen LogP contribution is -2.08. The Kier molecular flexibility index (Phi) is 7.43. The maximum Gasteiger partial charge on any atom is 0.338 e. The van der Waals surface area contributed by atoms with Gasteiger partial charge in [0.15, 0.2) is 0 Å². The first-order valence-electron chi connectivity index (χ1n) is 8.41. The number of oxime groups is 1. The van der Waals surface area contributed by atoms with E-state index in [9.17, 15) is 4.79 Å². The molecule has 0 fully saturated rings. The lowest BCUT2D eigenvalue weighted by Gasteiger charge is -2.13. The first-order chi connectivity index (χ1) is 12.7. The minimum absolute atomic E-state index is 0.310. The van der Waals surface area contributed by atoms with Gasteiger partial charge in [0, 0.05) is 5.56 Å². The first kappa shape index (κ1) is 19.2. The van der Waals surface area contributed by atoms with Crippen LogP contribution in [0.15, 0.2) is 59.8 Å². The van der Waals surface area contributed by atoms with Crippen molar-refractivity contribution >= 4 is 17.8 Å². The summed E-state index contributed by atoms with van der Waals surface area (Å²) in [5.41, 5.74) is 3.01. The molecule has 0 aliphatic rings. The lowest BCUT2D eigenvalue weighted by atomic mass is 10.00. The van der Waals surface area contributed by atoms with Crippen LogP contribution in [0.2, 0.25) is 0 Å². The quantitative estimate of drug-likeness (QED) is 0.309. The molecule has 0 atom stereocenters. The van der Waals surface area contributed by atoms with Crippen LogP contribution in [0.3, 0.4) is 0 Å². The monoisotopic (exact) mass is 353 g/mol. The molecule has 2 aromatic rings. The molecule has 2 aromatic carbocycles. The second kappa shape index (κ2) is 10.0. The van der Waals surface area contributed by atoms with Crippen molar-refractivity contribution in [3.63, 3.8) is 0 Å². The smallest absolute Gasteiger partial charge is 0.338 e. The van der Waals surface area contributed by atoms with Gasteiger partial charge in [0.1, 0.15) is 19.0 Å². The van der Waals surface area contributed by atoms with E-state index in [1.54, 1.807) is 12.3 Å². The third-order valence-corrected chi connectivity index (χ3v) is 3.70. The second-order valence-electron chi connectivity index (χ2n) is 5.33. The maximum atomic E-state index is 12.0. The van der Waals surface area contributed by atoms with Crippen molar-refractivity contribution in [1.29, 1.82) is 0 Å². The molecule has 0 aliphatic heterocycles.